The molecule has 20 heavy (non-hydrogen) atoms. The van der Waals surface area contributed by atoms with Gasteiger partial charge >= 0.3 is 0 Å². The van der Waals surface area contributed by atoms with Crippen molar-refractivity contribution in [1.29, 1.82) is 0 Å². The fraction of sp³-hybridized carbons (Fsp3) is 0.667. The molecule has 0 bridgehead atoms. The molecule has 3 rings (SSSR count). The average molecular weight is 292 g/mol. The largest absolute Gasteiger partial charge is 0.316 e. The fourth-order valence-corrected chi connectivity index (χ4v) is 4.78. The summed E-state index contributed by atoms with van der Waals surface area (Å²) in [5.41, 5.74) is 1.97. The number of halogens is 1. The Morgan fingerprint density at radius 3 is 3.05 bits per heavy atom. The highest BCUT2D eigenvalue weighted by Gasteiger charge is 2.44. The lowest BCUT2D eigenvalue weighted by Gasteiger charge is -2.49. The van der Waals surface area contributed by atoms with Crippen LogP contribution in [0, 0.1) is 11.3 Å². The Hall–Kier alpha value is -0.530. The number of hydrogen-bond donors (Lipinski definition) is 1. The van der Waals surface area contributed by atoms with E-state index in [-0.39, 0.29) is 0 Å². The first-order valence-electron chi connectivity index (χ1n) is 8.20. The van der Waals surface area contributed by atoms with Crippen molar-refractivity contribution in [2.45, 2.75) is 51.4 Å². The molecule has 1 saturated carbocycles. The Balaban J connectivity index is 1.90. The summed E-state index contributed by atoms with van der Waals surface area (Å²) in [5, 5.41) is 4.49. The van der Waals surface area contributed by atoms with Crippen LogP contribution in [0.25, 0.3) is 0 Å². The predicted octanol–water partition coefficient (Wildman–Crippen LogP) is 5.00. The zero-order valence-electron chi connectivity index (χ0n) is 12.5. The maximum atomic E-state index is 6.23. The summed E-state index contributed by atoms with van der Waals surface area (Å²) >= 11 is 6.23. The van der Waals surface area contributed by atoms with Crippen molar-refractivity contribution in [3.8, 4) is 0 Å². The molecule has 2 heteroatoms. The number of benzene rings is 1. The number of hydrogen-bond acceptors (Lipinski definition) is 1. The van der Waals surface area contributed by atoms with E-state index in [9.17, 15) is 0 Å². The van der Waals surface area contributed by atoms with Gasteiger partial charge in [-0.15, -0.1) is 0 Å². The van der Waals surface area contributed by atoms with E-state index in [1.807, 2.05) is 6.07 Å². The van der Waals surface area contributed by atoms with Crippen molar-refractivity contribution in [2.75, 3.05) is 13.1 Å². The highest BCUT2D eigenvalue weighted by atomic mass is 35.5. The SMILES string of the molecule is CCC1CCCC2(CCNCC2c2cccc(Cl)c2)C1. The van der Waals surface area contributed by atoms with E-state index in [4.69, 9.17) is 11.6 Å². The molecule has 1 aromatic rings. The van der Waals surface area contributed by atoms with Crippen LogP contribution in [-0.2, 0) is 0 Å². The molecule has 2 fully saturated rings. The number of piperidine rings is 1. The molecule has 0 radical (unpaired) electrons. The molecule has 0 aromatic heterocycles. The van der Waals surface area contributed by atoms with Gasteiger partial charge < -0.3 is 5.32 Å². The molecule has 110 valence electrons. The molecule has 3 unspecified atom stereocenters. The van der Waals surface area contributed by atoms with Crippen LogP contribution in [0.4, 0.5) is 0 Å². The van der Waals surface area contributed by atoms with Gasteiger partial charge in [-0.3, -0.25) is 0 Å². The van der Waals surface area contributed by atoms with Crippen LogP contribution >= 0.6 is 11.6 Å². The van der Waals surface area contributed by atoms with Gasteiger partial charge in [0, 0.05) is 17.5 Å². The van der Waals surface area contributed by atoms with Gasteiger partial charge in [-0.25, -0.2) is 0 Å². The molecule has 1 spiro atoms. The lowest BCUT2D eigenvalue weighted by Crippen LogP contribution is -2.46. The maximum absolute atomic E-state index is 6.23. The van der Waals surface area contributed by atoms with Gasteiger partial charge in [0.05, 0.1) is 0 Å². The van der Waals surface area contributed by atoms with Crippen LogP contribution in [0.5, 0.6) is 0 Å². The van der Waals surface area contributed by atoms with Gasteiger partial charge in [-0.05, 0) is 54.8 Å². The summed E-state index contributed by atoms with van der Waals surface area (Å²) in [5.74, 6) is 1.58. The second-order valence-corrected chi connectivity index (χ2v) is 7.23. The second-order valence-electron chi connectivity index (χ2n) is 6.79. The topological polar surface area (TPSA) is 12.0 Å². The normalized spacial score (nSPS) is 34.3. The third kappa shape index (κ3) is 2.76. The summed E-state index contributed by atoms with van der Waals surface area (Å²) < 4.78 is 0. The molecule has 1 aliphatic heterocycles. The van der Waals surface area contributed by atoms with E-state index in [1.165, 1.54) is 50.6 Å². The van der Waals surface area contributed by atoms with Crippen molar-refractivity contribution in [3.05, 3.63) is 34.9 Å². The maximum Gasteiger partial charge on any atom is 0.0408 e. The van der Waals surface area contributed by atoms with Crippen LogP contribution in [0.2, 0.25) is 5.02 Å². The molecule has 3 atom stereocenters. The van der Waals surface area contributed by atoms with E-state index < -0.39 is 0 Å². The van der Waals surface area contributed by atoms with E-state index in [1.54, 1.807) is 0 Å². The molecule has 1 saturated heterocycles. The Morgan fingerprint density at radius 1 is 1.35 bits per heavy atom. The summed E-state index contributed by atoms with van der Waals surface area (Å²) in [6.07, 6.45) is 8.35. The van der Waals surface area contributed by atoms with Gasteiger partial charge in [0.1, 0.15) is 0 Å². The Kier molecular flexibility index (Phi) is 4.37. The van der Waals surface area contributed by atoms with Crippen molar-refractivity contribution in [1.82, 2.24) is 5.32 Å². The summed E-state index contributed by atoms with van der Waals surface area (Å²) in [7, 11) is 0. The van der Waals surface area contributed by atoms with Crippen LogP contribution in [0.1, 0.15) is 56.9 Å². The third-order valence-corrected chi connectivity index (χ3v) is 5.93. The van der Waals surface area contributed by atoms with Crippen LogP contribution < -0.4 is 5.32 Å². The Bertz CT molecular complexity index is 454. The van der Waals surface area contributed by atoms with E-state index >= 15 is 0 Å². The van der Waals surface area contributed by atoms with Crippen molar-refractivity contribution < 1.29 is 0 Å². The van der Waals surface area contributed by atoms with Crippen LogP contribution in [0.15, 0.2) is 24.3 Å². The smallest absolute Gasteiger partial charge is 0.0408 e. The Labute approximate surface area is 128 Å². The van der Waals surface area contributed by atoms with Crippen LogP contribution in [0.3, 0.4) is 0 Å². The zero-order chi connectivity index (χ0) is 14.0. The molecule has 1 aliphatic carbocycles. The molecular formula is C18H26ClN. The van der Waals surface area contributed by atoms with Gasteiger partial charge in [-0.1, -0.05) is 49.9 Å². The van der Waals surface area contributed by atoms with Crippen molar-refractivity contribution in [3.63, 3.8) is 0 Å². The first kappa shape index (κ1) is 14.4. The summed E-state index contributed by atoms with van der Waals surface area (Å²) in [6.45, 7) is 4.67. The minimum absolute atomic E-state index is 0.523. The van der Waals surface area contributed by atoms with E-state index in [0.717, 1.165) is 17.5 Å². The standard InChI is InChI=1S/C18H26ClN/c1-2-14-5-4-8-18(12-14)9-10-20-13-17(18)15-6-3-7-16(19)11-15/h3,6-7,11,14,17,20H,2,4-5,8-10,12-13H2,1H3. The molecule has 1 nitrogen and oxygen atoms in total. The summed E-state index contributed by atoms with van der Waals surface area (Å²) in [4.78, 5) is 0. The molecule has 0 amide bonds. The molecule has 1 heterocycles. The minimum Gasteiger partial charge on any atom is -0.316 e. The highest BCUT2D eigenvalue weighted by molar-refractivity contribution is 6.30. The minimum atomic E-state index is 0.523. The van der Waals surface area contributed by atoms with E-state index in [2.05, 4.69) is 30.4 Å². The molecule has 1 N–H and O–H groups in total. The second kappa shape index (κ2) is 6.07. The molecule has 1 aromatic carbocycles. The van der Waals surface area contributed by atoms with Crippen LogP contribution in [-0.4, -0.2) is 13.1 Å². The predicted molar refractivity (Wildman–Crippen MR) is 86.4 cm³/mol. The zero-order valence-corrected chi connectivity index (χ0v) is 13.3. The first-order chi connectivity index (χ1) is 9.73. The lowest BCUT2D eigenvalue weighted by molar-refractivity contribution is 0.0689. The Morgan fingerprint density at radius 2 is 2.25 bits per heavy atom. The van der Waals surface area contributed by atoms with Gasteiger partial charge in [0.2, 0.25) is 0 Å². The average Bonchev–Trinajstić information content (AvgIpc) is 2.48. The quantitative estimate of drug-likeness (QED) is 0.808. The fourth-order valence-electron chi connectivity index (χ4n) is 4.58. The molecule has 2 aliphatic rings. The number of nitrogens with one attached hydrogen (secondary N) is 1. The van der Waals surface area contributed by atoms with Gasteiger partial charge in [0.15, 0.2) is 0 Å². The third-order valence-electron chi connectivity index (χ3n) is 5.70. The van der Waals surface area contributed by atoms with Gasteiger partial charge in [0.25, 0.3) is 0 Å². The van der Waals surface area contributed by atoms with E-state index in [0.29, 0.717) is 11.3 Å². The number of rotatable bonds is 2. The monoisotopic (exact) mass is 291 g/mol. The first-order valence-corrected chi connectivity index (χ1v) is 8.57. The molecular weight excluding hydrogens is 266 g/mol. The van der Waals surface area contributed by atoms with Crippen molar-refractivity contribution >= 4 is 11.6 Å². The lowest BCUT2D eigenvalue weighted by atomic mass is 9.58. The van der Waals surface area contributed by atoms with Crippen molar-refractivity contribution in [2.24, 2.45) is 11.3 Å². The highest BCUT2D eigenvalue weighted by Crippen LogP contribution is 2.53. The van der Waals surface area contributed by atoms with Gasteiger partial charge in [-0.2, -0.15) is 0 Å². The summed E-state index contributed by atoms with van der Waals surface area (Å²) in [6, 6.07) is 8.57.